The van der Waals surface area contributed by atoms with Crippen LogP contribution in [0.5, 0.6) is 0 Å². The Labute approximate surface area is 94.7 Å². The molecule has 0 bridgehead atoms. The van der Waals surface area contributed by atoms with E-state index >= 15 is 0 Å². The van der Waals surface area contributed by atoms with Crippen LogP contribution in [-0.4, -0.2) is 40.7 Å². The summed E-state index contributed by atoms with van der Waals surface area (Å²) in [5.41, 5.74) is 0. The number of hydrogen-bond acceptors (Lipinski definition) is 3. The molecule has 1 aliphatic heterocycles. The molecule has 0 radical (unpaired) electrons. The number of rotatable bonds is 5. The van der Waals surface area contributed by atoms with E-state index in [1.807, 2.05) is 0 Å². The van der Waals surface area contributed by atoms with Crippen LogP contribution >= 0.6 is 0 Å². The number of hydrogen-bond donors (Lipinski definition) is 1. The molecular formula is C11H25NO2Si. The molecule has 0 saturated carbocycles. The first-order valence-corrected chi connectivity index (χ1v) is 8.70. The first-order chi connectivity index (χ1) is 6.83. The highest BCUT2D eigenvalue weighted by molar-refractivity contribution is 6.74. The normalized spacial score (nSPS) is 19.0. The van der Waals surface area contributed by atoms with Crippen LogP contribution in [0.15, 0.2) is 0 Å². The Morgan fingerprint density at radius 1 is 1.20 bits per heavy atom. The fraction of sp³-hybridized carbons (Fsp3) is 1.00. The van der Waals surface area contributed by atoms with Crippen molar-refractivity contribution in [2.75, 3.05) is 26.3 Å². The van der Waals surface area contributed by atoms with Gasteiger partial charge >= 0.3 is 0 Å². The minimum atomic E-state index is -1.56. The lowest BCUT2D eigenvalue weighted by molar-refractivity contribution is 0.00262. The largest absolute Gasteiger partial charge is 0.414 e. The van der Waals surface area contributed by atoms with Crippen LogP contribution in [0.1, 0.15) is 20.8 Å². The van der Waals surface area contributed by atoms with Crippen molar-refractivity contribution < 1.29 is 9.16 Å². The maximum atomic E-state index is 6.01. The molecule has 0 spiro atoms. The Kier molecular flexibility index (Phi) is 4.35. The lowest BCUT2D eigenvalue weighted by Gasteiger charge is -2.36. The highest BCUT2D eigenvalue weighted by Crippen LogP contribution is 2.36. The number of nitrogens with one attached hydrogen (secondary N) is 1. The topological polar surface area (TPSA) is 30.5 Å². The highest BCUT2D eigenvalue weighted by Gasteiger charge is 2.36. The molecule has 1 aliphatic rings. The zero-order valence-electron chi connectivity index (χ0n) is 10.7. The van der Waals surface area contributed by atoms with Crippen LogP contribution in [0.4, 0.5) is 0 Å². The first-order valence-electron chi connectivity index (χ1n) is 5.79. The molecule has 0 amide bonds. The Hall–Kier alpha value is 0.0969. The second kappa shape index (κ2) is 4.95. The highest BCUT2D eigenvalue weighted by atomic mass is 28.4. The summed E-state index contributed by atoms with van der Waals surface area (Å²) in [7, 11) is -1.56. The van der Waals surface area contributed by atoms with Crippen molar-refractivity contribution in [3.05, 3.63) is 0 Å². The molecule has 1 fully saturated rings. The zero-order chi connectivity index (χ0) is 11.5. The van der Waals surface area contributed by atoms with Gasteiger partial charge in [0.2, 0.25) is 0 Å². The molecule has 1 N–H and O–H groups in total. The van der Waals surface area contributed by atoms with Gasteiger partial charge in [-0.25, -0.2) is 0 Å². The third kappa shape index (κ3) is 3.87. The lowest BCUT2D eigenvalue weighted by atomic mass is 10.2. The van der Waals surface area contributed by atoms with Gasteiger partial charge in [0.25, 0.3) is 0 Å². The summed E-state index contributed by atoms with van der Waals surface area (Å²) in [5, 5.41) is 3.48. The van der Waals surface area contributed by atoms with E-state index in [1.54, 1.807) is 0 Å². The van der Waals surface area contributed by atoms with Crippen molar-refractivity contribution >= 4 is 8.32 Å². The van der Waals surface area contributed by atoms with Crippen molar-refractivity contribution in [1.29, 1.82) is 0 Å². The average Bonchev–Trinajstić information content (AvgIpc) is 1.98. The summed E-state index contributed by atoms with van der Waals surface area (Å²) in [4.78, 5) is 0. The molecule has 3 nitrogen and oxygen atoms in total. The maximum absolute atomic E-state index is 6.01. The second-order valence-electron chi connectivity index (χ2n) is 5.76. The predicted octanol–water partition coefficient (Wildman–Crippen LogP) is 2.00. The minimum absolute atomic E-state index is 0.297. The standard InChI is InChI=1S/C11H25NO2Si/c1-11(2,3)15(4,5)14-7-6-13-10-8-12-9-10/h10,12H,6-9H2,1-5H3. The van der Waals surface area contributed by atoms with Gasteiger partial charge in [-0.2, -0.15) is 0 Å². The quantitative estimate of drug-likeness (QED) is 0.580. The van der Waals surface area contributed by atoms with Crippen LogP contribution in [0.25, 0.3) is 0 Å². The van der Waals surface area contributed by atoms with Gasteiger partial charge in [0.05, 0.1) is 19.3 Å². The van der Waals surface area contributed by atoms with E-state index in [0.29, 0.717) is 11.1 Å². The fourth-order valence-electron chi connectivity index (χ4n) is 1.11. The van der Waals surface area contributed by atoms with Crippen molar-refractivity contribution in [2.45, 2.75) is 45.0 Å². The molecule has 1 rings (SSSR count). The van der Waals surface area contributed by atoms with E-state index in [2.05, 4.69) is 39.2 Å². The van der Waals surface area contributed by atoms with E-state index in [4.69, 9.17) is 9.16 Å². The van der Waals surface area contributed by atoms with Gasteiger partial charge < -0.3 is 14.5 Å². The Bertz CT molecular complexity index is 197. The molecular weight excluding hydrogens is 206 g/mol. The monoisotopic (exact) mass is 231 g/mol. The van der Waals surface area contributed by atoms with Gasteiger partial charge in [-0.3, -0.25) is 0 Å². The van der Waals surface area contributed by atoms with E-state index in [0.717, 1.165) is 26.3 Å². The summed E-state index contributed by atoms with van der Waals surface area (Å²) < 4.78 is 11.6. The van der Waals surface area contributed by atoms with Crippen LogP contribution in [-0.2, 0) is 9.16 Å². The second-order valence-corrected chi connectivity index (χ2v) is 10.6. The molecule has 0 aromatic heterocycles. The van der Waals surface area contributed by atoms with E-state index in [-0.39, 0.29) is 0 Å². The summed E-state index contributed by atoms with van der Waals surface area (Å²) in [6.07, 6.45) is 0.424. The SMILES string of the molecule is CC(C)(C)[Si](C)(C)OCCOC1CNC1. The van der Waals surface area contributed by atoms with E-state index in [1.165, 1.54) is 0 Å². The summed E-state index contributed by atoms with van der Waals surface area (Å²) >= 11 is 0. The van der Waals surface area contributed by atoms with Crippen LogP contribution in [0, 0.1) is 0 Å². The van der Waals surface area contributed by atoms with Crippen LogP contribution in [0.3, 0.4) is 0 Å². The van der Waals surface area contributed by atoms with Crippen molar-refractivity contribution in [3.8, 4) is 0 Å². The fourth-order valence-corrected chi connectivity index (χ4v) is 2.13. The predicted molar refractivity (Wildman–Crippen MR) is 65.8 cm³/mol. The van der Waals surface area contributed by atoms with Crippen molar-refractivity contribution in [2.24, 2.45) is 0 Å². The van der Waals surface area contributed by atoms with Gasteiger partial charge in [0, 0.05) is 13.1 Å². The van der Waals surface area contributed by atoms with Gasteiger partial charge in [0.1, 0.15) is 0 Å². The first kappa shape index (κ1) is 13.2. The van der Waals surface area contributed by atoms with Crippen LogP contribution in [0.2, 0.25) is 18.1 Å². The molecule has 0 unspecified atom stereocenters. The van der Waals surface area contributed by atoms with Gasteiger partial charge in [-0.05, 0) is 18.1 Å². The molecule has 15 heavy (non-hydrogen) atoms. The molecule has 0 aromatic rings. The van der Waals surface area contributed by atoms with Crippen molar-refractivity contribution in [3.63, 3.8) is 0 Å². The maximum Gasteiger partial charge on any atom is 0.192 e. The molecule has 1 saturated heterocycles. The summed E-state index contributed by atoms with van der Waals surface area (Å²) in [5.74, 6) is 0. The Morgan fingerprint density at radius 2 is 1.80 bits per heavy atom. The molecule has 0 aliphatic carbocycles. The average molecular weight is 231 g/mol. The van der Waals surface area contributed by atoms with E-state index < -0.39 is 8.32 Å². The van der Waals surface area contributed by atoms with Gasteiger partial charge in [-0.1, -0.05) is 20.8 Å². The third-order valence-corrected chi connectivity index (χ3v) is 7.99. The van der Waals surface area contributed by atoms with Crippen molar-refractivity contribution in [1.82, 2.24) is 5.32 Å². The summed E-state index contributed by atoms with van der Waals surface area (Å²) in [6.45, 7) is 14.8. The Balaban J connectivity index is 2.12. The smallest absolute Gasteiger partial charge is 0.192 e. The zero-order valence-corrected chi connectivity index (χ0v) is 11.7. The number of ether oxygens (including phenoxy) is 1. The molecule has 0 aromatic carbocycles. The van der Waals surface area contributed by atoms with Gasteiger partial charge in [-0.15, -0.1) is 0 Å². The molecule has 0 atom stereocenters. The minimum Gasteiger partial charge on any atom is -0.414 e. The van der Waals surface area contributed by atoms with E-state index in [9.17, 15) is 0 Å². The van der Waals surface area contributed by atoms with Gasteiger partial charge in [0.15, 0.2) is 8.32 Å². The lowest BCUT2D eigenvalue weighted by Crippen LogP contribution is -2.49. The summed E-state index contributed by atoms with van der Waals surface area (Å²) in [6, 6.07) is 0. The Morgan fingerprint density at radius 3 is 2.20 bits per heavy atom. The molecule has 1 heterocycles. The molecule has 4 heteroatoms. The molecule has 90 valence electrons. The van der Waals surface area contributed by atoms with Crippen LogP contribution < -0.4 is 5.32 Å². The third-order valence-electron chi connectivity index (χ3n) is 3.45.